The van der Waals surface area contributed by atoms with E-state index in [9.17, 15) is 14.7 Å². The van der Waals surface area contributed by atoms with Crippen LogP contribution in [0.25, 0.3) is 0 Å². The number of rotatable bonds is 3. The summed E-state index contributed by atoms with van der Waals surface area (Å²) in [6.45, 7) is 1.66. The topological polar surface area (TPSA) is 118 Å². The fraction of sp³-hybridized carbons (Fsp3) is 0.182. The highest BCUT2D eigenvalue weighted by atomic mass is 35.5. The van der Waals surface area contributed by atoms with Crippen molar-refractivity contribution in [3.8, 4) is 5.75 Å². The molecular weight excluding hydrogens is 290 g/mol. The molecule has 0 fully saturated rings. The lowest BCUT2D eigenvalue weighted by molar-refractivity contribution is -0.117. The molecule has 6 nitrogen and oxygen atoms in total. The molecule has 0 spiro atoms. The molecule has 0 radical (unpaired) electrons. The fourth-order valence-electron chi connectivity index (χ4n) is 1.58. The average molecular weight is 302 g/mol. The van der Waals surface area contributed by atoms with Gasteiger partial charge in [0.05, 0.1) is 17.0 Å². The zero-order valence-corrected chi connectivity index (χ0v) is 11.6. The number of carbonyl (C=O) groups excluding carboxylic acids is 2. The van der Waals surface area contributed by atoms with Crippen LogP contribution in [0.2, 0.25) is 5.02 Å². The smallest absolute Gasteiger partial charge is 0.317 e. The van der Waals surface area contributed by atoms with Gasteiger partial charge in [-0.05, 0) is 24.1 Å². The molecule has 0 heterocycles. The largest absolute Gasteiger partial charge is 0.507 e. The molecule has 0 atom stereocenters. The standard InChI is InChI=1S/C11H12ClN3O3S/c1-4-2-6(16)8(10(19)15-11(14)18)9(12)5(4)3-7(13)17/h2,16H,3H2,1H3,(H2,13,17)(H3,14,15,18,19). The van der Waals surface area contributed by atoms with E-state index in [4.69, 9.17) is 35.3 Å². The Balaban J connectivity index is 3.36. The number of urea groups is 1. The minimum Gasteiger partial charge on any atom is -0.507 e. The first kappa shape index (κ1) is 15.2. The summed E-state index contributed by atoms with van der Waals surface area (Å²) in [7, 11) is 0. The molecule has 0 saturated heterocycles. The zero-order chi connectivity index (χ0) is 14.7. The Morgan fingerprint density at radius 1 is 1.47 bits per heavy atom. The highest BCUT2D eigenvalue weighted by molar-refractivity contribution is 7.80. The van der Waals surface area contributed by atoms with Crippen LogP contribution in [0.1, 0.15) is 16.7 Å². The normalized spacial score (nSPS) is 10.0. The first-order valence-electron chi connectivity index (χ1n) is 5.14. The lowest BCUT2D eigenvalue weighted by Gasteiger charge is -2.14. The van der Waals surface area contributed by atoms with Crippen LogP contribution in [0, 0.1) is 6.92 Å². The maximum atomic E-state index is 11.0. The van der Waals surface area contributed by atoms with Gasteiger partial charge in [-0.1, -0.05) is 23.8 Å². The molecule has 1 aromatic rings. The Bertz CT molecular complexity index is 575. The summed E-state index contributed by atoms with van der Waals surface area (Å²) < 4.78 is 0. The second-order valence-corrected chi connectivity index (χ2v) is 4.63. The van der Waals surface area contributed by atoms with Crippen LogP contribution in [-0.2, 0) is 11.2 Å². The van der Waals surface area contributed by atoms with Gasteiger partial charge in [-0.2, -0.15) is 0 Å². The molecule has 0 saturated carbocycles. The molecule has 0 aliphatic heterocycles. The van der Waals surface area contributed by atoms with Crippen molar-refractivity contribution < 1.29 is 14.7 Å². The summed E-state index contributed by atoms with van der Waals surface area (Å²) in [5, 5.41) is 12.0. The van der Waals surface area contributed by atoms with Crippen molar-refractivity contribution in [2.45, 2.75) is 13.3 Å². The van der Waals surface area contributed by atoms with Crippen molar-refractivity contribution in [2.75, 3.05) is 0 Å². The molecule has 8 heteroatoms. The third-order valence-electron chi connectivity index (χ3n) is 2.38. The number of benzene rings is 1. The van der Waals surface area contributed by atoms with Gasteiger partial charge in [0.1, 0.15) is 10.7 Å². The molecule has 3 amide bonds. The number of hydrogen-bond donors (Lipinski definition) is 4. The van der Waals surface area contributed by atoms with Crippen molar-refractivity contribution in [2.24, 2.45) is 11.5 Å². The van der Waals surface area contributed by atoms with E-state index >= 15 is 0 Å². The van der Waals surface area contributed by atoms with Crippen LogP contribution in [0.3, 0.4) is 0 Å². The Kier molecular flexibility index (Phi) is 4.68. The van der Waals surface area contributed by atoms with Gasteiger partial charge < -0.3 is 16.6 Å². The van der Waals surface area contributed by atoms with Crippen LogP contribution in [-0.4, -0.2) is 22.0 Å². The number of hydrogen-bond acceptors (Lipinski definition) is 4. The minimum absolute atomic E-state index is 0.0392. The fourth-order valence-corrected chi connectivity index (χ4v) is 2.35. The third kappa shape index (κ3) is 3.55. The number of phenols is 1. The Morgan fingerprint density at radius 3 is 2.53 bits per heavy atom. The molecule has 1 rings (SSSR count). The molecule has 102 valence electrons. The number of carbonyl (C=O) groups is 2. The van der Waals surface area contributed by atoms with E-state index in [-0.39, 0.29) is 27.7 Å². The van der Waals surface area contributed by atoms with E-state index in [1.165, 1.54) is 6.07 Å². The molecule has 0 aromatic heterocycles. The number of halogens is 1. The summed E-state index contributed by atoms with van der Waals surface area (Å²) in [6, 6.07) is 0.506. The third-order valence-corrected chi connectivity index (χ3v) is 3.11. The first-order chi connectivity index (χ1) is 8.73. The van der Waals surface area contributed by atoms with Gasteiger partial charge in [0.2, 0.25) is 5.91 Å². The first-order valence-corrected chi connectivity index (χ1v) is 5.92. The van der Waals surface area contributed by atoms with Gasteiger partial charge in [0.15, 0.2) is 0 Å². The van der Waals surface area contributed by atoms with Crippen LogP contribution in [0.15, 0.2) is 6.07 Å². The van der Waals surface area contributed by atoms with Gasteiger partial charge >= 0.3 is 6.03 Å². The second kappa shape index (κ2) is 5.85. The van der Waals surface area contributed by atoms with Crippen molar-refractivity contribution in [1.29, 1.82) is 0 Å². The SMILES string of the molecule is Cc1cc(O)c(C(=S)NC(N)=O)c(Cl)c1CC(N)=O. The van der Waals surface area contributed by atoms with Gasteiger partial charge in [0, 0.05) is 0 Å². The molecule has 0 bridgehead atoms. The number of phenolic OH excluding ortho intramolecular Hbond substituents is 1. The summed E-state index contributed by atoms with van der Waals surface area (Å²) in [6.07, 6.45) is -0.100. The molecule has 19 heavy (non-hydrogen) atoms. The number of primary amides is 2. The van der Waals surface area contributed by atoms with Crippen LogP contribution in [0.4, 0.5) is 4.79 Å². The summed E-state index contributed by atoms with van der Waals surface area (Å²) >= 11 is 11.0. The second-order valence-electron chi connectivity index (χ2n) is 3.84. The van der Waals surface area contributed by atoms with Crippen LogP contribution in [0.5, 0.6) is 5.75 Å². The van der Waals surface area contributed by atoms with Gasteiger partial charge in [-0.3, -0.25) is 10.1 Å². The quantitative estimate of drug-likeness (QED) is 0.615. The van der Waals surface area contributed by atoms with E-state index < -0.39 is 11.9 Å². The van der Waals surface area contributed by atoms with E-state index in [0.717, 1.165) is 0 Å². The van der Waals surface area contributed by atoms with Crippen molar-refractivity contribution in [3.05, 3.63) is 27.8 Å². The number of aryl methyl sites for hydroxylation is 1. The number of nitrogens with one attached hydrogen (secondary N) is 1. The number of amides is 3. The Morgan fingerprint density at radius 2 is 2.05 bits per heavy atom. The molecule has 6 N–H and O–H groups in total. The van der Waals surface area contributed by atoms with Crippen molar-refractivity contribution >= 4 is 40.7 Å². The Labute approximate surface area is 119 Å². The van der Waals surface area contributed by atoms with E-state index in [1.807, 2.05) is 0 Å². The van der Waals surface area contributed by atoms with E-state index in [2.05, 4.69) is 5.32 Å². The minimum atomic E-state index is -0.877. The molecule has 1 aromatic carbocycles. The van der Waals surface area contributed by atoms with Gasteiger partial charge in [-0.25, -0.2) is 4.79 Å². The van der Waals surface area contributed by atoms with Crippen LogP contribution < -0.4 is 16.8 Å². The molecular formula is C11H12ClN3O3S. The summed E-state index contributed by atoms with van der Waals surface area (Å²) in [5.41, 5.74) is 11.1. The predicted octanol–water partition coefficient (Wildman–Crippen LogP) is 0.726. The molecule has 0 aliphatic rings. The van der Waals surface area contributed by atoms with E-state index in [1.54, 1.807) is 6.92 Å². The number of thiocarbonyl (C=S) groups is 1. The number of aromatic hydroxyl groups is 1. The van der Waals surface area contributed by atoms with Gasteiger partial charge in [-0.15, -0.1) is 0 Å². The lowest BCUT2D eigenvalue weighted by atomic mass is 10.0. The van der Waals surface area contributed by atoms with Crippen molar-refractivity contribution in [3.63, 3.8) is 0 Å². The van der Waals surface area contributed by atoms with Crippen molar-refractivity contribution in [1.82, 2.24) is 5.32 Å². The predicted molar refractivity (Wildman–Crippen MR) is 75.2 cm³/mol. The molecule has 0 aliphatic carbocycles. The van der Waals surface area contributed by atoms with E-state index in [0.29, 0.717) is 11.1 Å². The average Bonchev–Trinajstić information content (AvgIpc) is 2.22. The Hall–Kier alpha value is -1.86. The maximum Gasteiger partial charge on any atom is 0.317 e. The monoisotopic (exact) mass is 301 g/mol. The zero-order valence-electron chi connectivity index (χ0n) is 9.99. The lowest BCUT2D eigenvalue weighted by Crippen LogP contribution is -2.34. The van der Waals surface area contributed by atoms with Gasteiger partial charge in [0.25, 0.3) is 0 Å². The highest BCUT2D eigenvalue weighted by Gasteiger charge is 2.19. The maximum absolute atomic E-state index is 11.0. The molecule has 0 unspecified atom stereocenters. The highest BCUT2D eigenvalue weighted by Crippen LogP contribution is 2.32. The van der Waals surface area contributed by atoms with Crippen LogP contribution >= 0.6 is 23.8 Å². The number of nitrogens with two attached hydrogens (primary N) is 2. The summed E-state index contributed by atoms with van der Waals surface area (Å²) in [4.78, 5) is 21.6. The summed E-state index contributed by atoms with van der Waals surface area (Å²) in [5.74, 6) is -0.787.